The first kappa shape index (κ1) is 73.1. The predicted molar refractivity (Wildman–Crippen MR) is 314 cm³/mol. The van der Waals surface area contributed by atoms with Gasteiger partial charge in [-0.25, -0.2) is 0 Å². The van der Waals surface area contributed by atoms with Crippen LogP contribution in [0.25, 0.3) is 0 Å². The molecule has 12 unspecified atom stereocenters. The number of aliphatic hydroxyl groups is 8. The number of nitrogens with one attached hydrogen (secondary N) is 1. The van der Waals surface area contributed by atoms with Crippen molar-refractivity contribution in [3.05, 3.63) is 0 Å². The number of hydrogen-bond donors (Lipinski definition) is 9. The molecule has 2 fully saturated rings. The number of ether oxygens (including phenoxy) is 4. The molecule has 0 saturated carbocycles. The smallest absolute Gasteiger partial charge is 0.220 e. The maximum atomic E-state index is 13.2. The zero-order valence-electron chi connectivity index (χ0n) is 50.2. The number of unbranched alkanes of at least 4 members (excludes halogenated alkanes) is 42. The summed E-state index contributed by atoms with van der Waals surface area (Å²) in [5, 5.41) is 87.1. The highest BCUT2D eigenvalue weighted by Crippen LogP contribution is 2.30. The second-order valence-electron chi connectivity index (χ2n) is 24.0. The van der Waals surface area contributed by atoms with Gasteiger partial charge in [0, 0.05) is 6.42 Å². The average molecular weight is 1120 g/mol. The fourth-order valence-corrected chi connectivity index (χ4v) is 11.5. The van der Waals surface area contributed by atoms with Gasteiger partial charge < -0.3 is 65.1 Å². The molecule has 0 aromatic carbocycles. The van der Waals surface area contributed by atoms with E-state index in [4.69, 9.17) is 18.9 Å². The molecule has 2 rings (SSSR count). The third kappa shape index (κ3) is 35.2. The molecule has 0 bridgehead atoms. The van der Waals surface area contributed by atoms with Crippen molar-refractivity contribution < 1.29 is 64.6 Å². The van der Waals surface area contributed by atoms with Crippen LogP contribution in [0.4, 0.5) is 0 Å². The number of carbonyl (C=O) groups is 1. The van der Waals surface area contributed by atoms with Crippen LogP contribution in [0.1, 0.15) is 309 Å². The maximum Gasteiger partial charge on any atom is 0.220 e. The summed E-state index contributed by atoms with van der Waals surface area (Å²) in [5.41, 5.74) is 0. The molecule has 2 saturated heterocycles. The number of hydrogen-bond acceptors (Lipinski definition) is 13. The lowest BCUT2D eigenvalue weighted by molar-refractivity contribution is -0.359. The molecule has 12 atom stereocenters. The first-order valence-electron chi connectivity index (χ1n) is 33.3. The molecule has 464 valence electrons. The summed E-state index contributed by atoms with van der Waals surface area (Å²) in [7, 11) is 0. The maximum absolute atomic E-state index is 13.2. The third-order valence-corrected chi connectivity index (χ3v) is 16.8. The third-order valence-electron chi connectivity index (χ3n) is 16.8. The zero-order chi connectivity index (χ0) is 56.7. The molecule has 2 heterocycles. The average Bonchev–Trinajstić information content (AvgIpc) is 3.44. The normalized spacial score (nSPS) is 24.4. The van der Waals surface area contributed by atoms with Crippen molar-refractivity contribution in [2.75, 3.05) is 19.8 Å². The first-order valence-corrected chi connectivity index (χ1v) is 33.3. The van der Waals surface area contributed by atoms with Crippen LogP contribution in [0.5, 0.6) is 0 Å². The highest BCUT2D eigenvalue weighted by molar-refractivity contribution is 5.76. The van der Waals surface area contributed by atoms with E-state index in [1.54, 1.807) is 0 Å². The standard InChI is InChI=1S/C64H125NO13/c1-3-5-7-9-11-13-14-15-16-17-18-19-20-21-22-23-24-25-26-27-28-29-30-31-32-33-34-35-36-37-38-40-42-44-46-48-56(69)65-52(53(68)47-45-43-41-39-12-10-8-6-4-2)51-75-63-61(74)59(72)62(55(50-67)77-63)78-64-60(73)58(71)57(70)54(49-66)76-64/h52-55,57-64,66-68,70-74H,3-51H2,1-2H3,(H,65,69). The fourth-order valence-electron chi connectivity index (χ4n) is 11.5. The van der Waals surface area contributed by atoms with Gasteiger partial charge in [0.15, 0.2) is 12.6 Å². The molecule has 78 heavy (non-hydrogen) atoms. The monoisotopic (exact) mass is 1120 g/mol. The molecule has 1 amide bonds. The lowest BCUT2D eigenvalue weighted by atomic mass is 9.97. The Kier molecular flexibility index (Phi) is 47.3. The molecule has 2 aliphatic heterocycles. The van der Waals surface area contributed by atoms with Crippen molar-refractivity contribution in [2.45, 2.75) is 383 Å². The molecular weight excluding hydrogens is 991 g/mol. The molecule has 0 spiro atoms. The van der Waals surface area contributed by atoms with Gasteiger partial charge in [0.1, 0.15) is 48.8 Å². The van der Waals surface area contributed by atoms with Crippen molar-refractivity contribution in [1.29, 1.82) is 0 Å². The van der Waals surface area contributed by atoms with Gasteiger partial charge in [0.25, 0.3) is 0 Å². The van der Waals surface area contributed by atoms with Gasteiger partial charge in [-0.05, 0) is 12.8 Å². The highest BCUT2D eigenvalue weighted by Gasteiger charge is 2.51. The van der Waals surface area contributed by atoms with Crippen LogP contribution >= 0.6 is 0 Å². The molecule has 2 aliphatic rings. The van der Waals surface area contributed by atoms with Gasteiger partial charge in [-0.3, -0.25) is 4.79 Å². The minimum absolute atomic E-state index is 0.202. The topological polar surface area (TPSA) is 228 Å². The van der Waals surface area contributed by atoms with E-state index >= 15 is 0 Å². The fraction of sp³-hybridized carbons (Fsp3) is 0.984. The Labute approximate surface area is 476 Å². The second kappa shape index (κ2) is 50.5. The molecular formula is C64H125NO13. The molecule has 0 aromatic heterocycles. The quantitative estimate of drug-likeness (QED) is 0.0259. The van der Waals surface area contributed by atoms with Gasteiger partial charge in [0.05, 0.1) is 32.0 Å². The van der Waals surface area contributed by atoms with Crippen molar-refractivity contribution >= 4 is 5.91 Å². The summed E-state index contributed by atoms with van der Waals surface area (Å²) in [6.45, 7) is 2.87. The minimum atomic E-state index is -1.78. The summed E-state index contributed by atoms with van der Waals surface area (Å²) in [6, 6.07) is -0.821. The Bertz CT molecular complexity index is 1310. The van der Waals surface area contributed by atoms with Gasteiger partial charge in [-0.2, -0.15) is 0 Å². The van der Waals surface area contributed by atoms with Crippen LogP contribution in [0.15, 0.2) is 0 Å². The van der Waals surface area contributed by atoms with Crippen molar-refractivity contribution in [3.8, 4) is 0 Å². The van der Waals surface area contributed by atoms with Crippen molar-refractivity contribution in [1.82, 2.24) is 5.32 Å². The Morgan fingerprint density at radius 2 is 0.731 bits per heavy atom. The Morgan fingerprint density at radius 1 is 0.410 bits per heavy atom. The zero-order valence-corrected chi connectivity index (χ0v) is 50.2. The van der Waals surface area contributed by atoms with Gasteiger partial charge in [-0.1, -0.05) is 290 Å². The van der Waals surface area contributed by atoms with Gasteiger partial charge in [-0.15, -0.1) is 0 Å². The van der Waals surface area contributed by atoms with E-state index in [2.05, 4.69) is 19.2 Å². The van der Waals surface area contributed by atoms with Crippen LogP contribution in [0, 0.1) is 0 Å². The molecule has 14 nitrogen and oxygen atoms in total. The molecule has 0 aromatic rings. The lowest BCUT2D eigenvalue weighted by Gasteiger charge is -2.46. The van der Waals surface area contributed by atoms with Crippen LogP contribution in [0.3, 0.4) is 0 Å². The van der Waals surface area contributed by atoms with E-state index in [1.165, 1.54) is 231 Å². The highest BCUT2D eigenvalue weighted by atomic mass is 16.7. The number of amides is 1. The summed E-state index contributed by atoms with van der Waals surface area (Å²) < 4.78 is 22.8. The summed E-state index contributed by atoms with van der Waals surface area (Å²) in [6.07, 6.45) is 41.7. The van der Waals surface area contributed by atoms with Crippen LogP contribution in [-0.2, 0) is 23.7 Å². The van der Waals surface area contributed by atoms with E-state index in [9.17, 15) is 45.6 Å². The van der Waals surface area contributed by atoms with Crippen LogP contribution < -0.4 is 5.32 Å². The van der Waals surface area contributed by atoms with E-state index in [0.717, 1.165) is 51.4 Å². The van der Waals surface area contributed by atoms with Gasteiger partial charge in [0.2, 0.25) is 5.91 Å². The Hall–Kier alpha value is -1.01. The summed E-state index contributed by atoms with van der Waals surface area (Å²) >= 11 is 0. The van der Waals surface area contributed by atoms with Crippen LogP contribution in [-0.4, -0.2) is 140 Å². The second-order valence-corrected chi connectivity index (χ2v) is 24.0. The summed E-state index contributed by atoms with van der Waals surface area (Å²) in [5.74, 6) is -0.202. The van der Waals surface area contributed by atoms with Crippen molar-refractivity contribution in [3.63, 3.8) is 0 Å². The summed E-state index contributed by atoms with van der Waals surface area (Å²) in [4.78, 5) is 13.2. The minimum Gasteiger partial charge on any atom is -0.394 e. The SMILES string of the molecule is CCCCCCCCCCCCCCCCCCCCCCCCCCCCCCCCCCCCCC(=O)NC(COC1OC(CO)C(OC2OC(CO)C(O)C(O)C2O)C(O)C1O)C(O)CCCCCCCCCCC. The first-order chi connectivity index (χ1) is 38.1. The molecule has 0 radical (unpaired) electrons. The lowest BCUT2D eigenvalue weighted by Crippen LogP contribution is -2.65. The largest absolute Gasteiger partial charge is 0.394 e. The van der Waals surface area contributed by atoms with E-state index in [-0.39, 0.29) is 12.5 Å². The molecule has 0 aliphatic carbocycles. The molecule has 9 N–H and O–H groups in total. The van der Waals surface area contributed by atoms with E-state index in [0.29, 0.717) is 12.8 Å². The molecule has 14 heteroatoms. The Balaban J connectivity index is 1.53. The van der Waals surface area contributed by atoms with Crippen LogP contribution in [0.2, 0.25) is 0 Å². The number of aliphatic hydroxyl groups excluding tert-OH is 8. The van der Waals surface area contributed by atoms with Crippen molar-refractivity contribution in [2.24, 2.45) is 0 Å². The predicted octanol–water partition coefficient (Wildman–Crippen LogP) is 12.5. The van der Waals surface area contributed by atoms with Gasteiger partial charge >= 0.3 is 0 Å². The number of rotatable bonds is 55. The Morgan fingerprint density at radius 3 is 1.09 bits per heavy atom. The van der Waals surface area contributed by atoms with E-state index in [1.807, 2.05) is 0 Å². The van der Waals surface area contributed by atoms with E-state index < -0.39 is 86.8 Å². The number of carbonyl (C=O) groups excluding carboxylic acids is 1.